The molecule has 2 atom stereocenters. The third-order valence-corrected chi connectivity index (χ3v) is 4.82. The molecule has 0 N–H and O–H groups in total. The van der Waals surface area contributed by atoms with Crippen LogP contribution in [0.3, 0.4) is 0 Å². The monoisotopic (exact) mass is 252 g/mol. The molecule has 0 radical (unpaired) electrons. The lowest BCUT2D eigenvalue weighted by molar-refractivity contribution is 0.235. The number of hydrogen-bond acceptors (Lipinski definition) is 0. The third kappa shape index (κ3) is 7.44. The molecule has 1 rings (SSSR count). The van der Waals surface area contributed by atoms with Crippen molar-refractivity contribution in [3.05, 3.63) is 0 Å². The van der Waals surface area contributed by atoms with E-state index >= 15 is 0 Å². The van der Waals surface area contributed by atoms with Crippen molar-refractivity contribution >= 4 is 0 Å². The average Bonchev–Trinajstić information content (AvgIpc) is 2.39. The van der Waals surface area contributed by atoms with Gasteiger partial charge in [0.15, 0.2) is 0 Å². The molecule has 0 heterocycles. The summed E-state index contributed by atoms with van der Waals surface area (Å²) in [5.41, 5.74) is 0. The van der Waals surface area contributed by atoms with Gasteiger partial charge in [-0.3, -0.25) is 0 Å². The lowest BCUT2D eigenvalue weighted by Crippen LogP contribution is -2.15. The molecule has 0 nitrogen and oxygen atoms in total. The van der Waals surface area contributed by atoms with Gasteiger partial charge in [0.05, 0.1) is 0 Å². The molecular weight excluding hydrogens is 216 g/mol. The lowest BCUT2D eigenvalue weighted by atomic mass is 9.77. The van der Waals surface area contributed by atoms with E-state index in [1.807, 2.05) is 0 Å². The van der Waals surface area contributed by atoms with Crippen LogP contribution in [0.5, 0.6) is 0 Å². The molecule has 1 fully saturated rings. The second-order valence-corrected chi connectivity index (χ2v) is 6.60. The van der Waals surface area contributed by atoms with Gasteiger partial charge in [0, 0.05) is 0 Å². The van der Waals surface area contributed by atoms with Crippen LogP contribution in [0, 0.1) is 11.8 Å². The summed E-state index contributed by atoms with van der Waals surface area (Å²) in [5, 5.41) is 0. The molecule has 0 aromatic carbocycles. The first kappa shape index (κ1) is 16.1. The summed E-state index contributed by atoms with van der Waals surface area (Å²) in [4.78, 5) is 0. The van der Waals surface area contributed by atoms with Crippen LogP contribution in [0.15, 0.2) is 0 Å². The van der Waals surface area contributed by atoms with Gasteiger partial charge in [-0.1, -0.05) is 97.3 Å². The van der Waals surface area contributed by atoms with Crippen molar-refractivity contribution in [2.75, 3.05) is 0 Å². The molecule has 0 bridgehead atoms. The first-order valence-corrected chi connectivity index (χ1v) is 8.86. The summed E-state index contributed by atoms with van der Waals surface area (Å²) in [5.74, 6) is 2.18. The Hall–Kier alpha value is 0. The van der Waals surface area contributed by atoms with Crippen LogP contribution in [0.2, 0.25) is 0 Å². The average molecular weight is 252 g/mol. The standard InChI is InChI=1S/C18H36/c1-3-5-7-8-10-13-18-15-11-14-17(16-18)12-9-6-4-2/h17-18H,3-16H2,1-2H3. The highest BCUT2D eigenvalue weighted by Gasteiger charge is 2.20. The maximum atomic E-state index is 2.32. The van der Waals surface area contributed by atoms with Gasteiger partial charge in [-0.25, -0.2) is 0 Å². The van der Waals surface area contributed by atoms with E-state index < -0.39 is 0 Å². The Kier molecular flexibility index (Phi) is 9.70. The van der Waals surface area contributed by atoms with Gasteiger partial charge in [0.25, 0.3) is 0 Å². The molecule has 1 aliphatic rings. The smallest absolute Gasteiger partial charge is 0.0412 e. The fraction of sp³-hybridized carbons (Fsp3) is 1.00. The third-order valence-electron chi connectivity index (χ3n) is 4.82. The second kappa shape index (κ2) is 10.9. The predicted octanol–water partition coefficient (Wildman–Crippen LogP) is 6.73. The highest BCUT2D eigenvalue weighted by Crippen LogP contribution is 2.35. The van der Waals surface area contributed by atoms with E-state index in [4.69, 9.17) is 0 Å². The van der Waals surface area contributed by atoms with Crippen molar-refractivity contribution in [1.29, 1.82) is 0 Å². The molecule has 0 aromatic heterocycles. The van der Waals surface area contributed by atoms with E-state index in [0.29, 0.717) is 0 Å². The van der Waals surface area contributed by atoms with Gasteiger partial charge in [0.2, 0.25) is 0 Å². The van der Waals surface area contributed by atoms with Crippen LogP contribution < -0.4 is 0 Å². The summed E-state index contributed by atoms with van der Waals surface area (Å²) in [6.07, 6.45) is 20.9. The highest BCUT2D eigenvalue weighted by atomic mass is 14.3. The quantitative estimate of drug-likeness (QED) is 0.378. The Labute approximate surface area is 116 Å². The summed E-state index contributed by atoms with van der Waals surface area (Å²) < 4.78 is 0. The second-order valence-electron chi connectivity index (χ2n) is 6.60. The minimum absolute atomic E-state index is 1.09. The normalized spacial score (nSPS) is 24.3. The van der Waals surface area contributed by atoms with E-state index in [9.17, 15) is 0 Å². The number of hydrogen-bond donors (Lipinski definition) is 0. The van der Waals surface area contributed by atoms with Crippen molar-refractivity contribution < 1.29 is 0 Å². The molecule has 1 aliphatic carbocycles. The maximum Gasteiger partial charge on any atom is -0.0412 e. The zero-order valence-corrected chi connectivity index (χ0v) is 13.1. The van der Waals surface area contributed by atoms with E-state index in [-0.39, 0.29) is 0 Å². The molecule has 1 saturated carbocycles. The first-order valence-electron chi connectivity index (χ1n) is 8.86. The minimum atomic E-state index is 1.09. The SMILES string of the molecule is CCCCCCCC1CCCC(CCCCC)C1. The largest absolute Gasteiger partial charge is 0.0654 e. The van der Waals surface area contributed by atoms with Gasteiger partial charge in [-0.05, 0) is 18.3 Å². The molecule has 0 aliphatic heterocycles. The van der Waals surface area contributed by atoms with Gasteiger partial charge in [0.1, 0.15) is 0 Å². The Balaban J connectivity index is 2.03. The highest BCUT2D eigenvalue weighted by molar-refractivity contribution is 4.73. The molecule has 0 saturated heterocycles. The van der Waals surface area contributed by atoms with E-state index in [1.54, 1.807) is 6.42 Å². The molecule has 108 valence electrons. The van der Waals surface area contributed by atoms with Crippen LogP contribution in [-0.4, -0.2) is 0 Å². The Morgan fingerprint density at radius 3 is 1.78 bits per heavy atom. The van der Waals surface area contributed by atoms with Crippen LogP contribution >= 0.6 is 0 Å². The van der Waals surface area contributed by atoms with Gasteiger partial charge >= 0.3 is 0 Å². The minimum Gasteiger partial charge on any atom is -0.0654 e. The molecule has 0 spiro atoms. The van der Waals surface area contributed by atoms with Crippen LogP contribution in [0.1, 0.15) is 104 Å². The fourth-order valence-electron chi connectivity index (χ4n) is 3.65. The van der Waals surface area contributed by atoms with Crippen molar-refractivity contribution in [2.45, 2.75) is 104 Å². The number of rotatable bonds is 10. The molecule has 2 unspecified atom stereocenters. The molecule has 0 amide bonds. The first-order chi connectivity index (χ1) is 8.86. The van der Waals surface area contributed by atoms with Gasteiger partial charge in [-0.15, -0.1) is 0 Å². The zero-order valence-electron chi connectivity index (χ0n) is 13.1. The van der Waals surface area contributed by atoms with E-state index in [1.165, 1.54) is 83.5 Å². The van der Waals surface area contributed by atoms with Crippen molar-refractivity contribution in [2.24, 2.45) is 11.8 Å². The molecule has 0 aromatic rings. The maximum absolute atomic E-state index is 2.32. The van der Waals surface area contributed by atoms with Crippen LogP contribution in [0.25, 0.3) is 0 Å². The lowest BCUT2D eigenvalue weighted by Gasteiger charge is -2.29. The Bertz CT molecular complexity index is 173. The van der Waals surface area contributed by atoms with Crippen LogP contribution in [-0.2, 0) is 0 Å². The summed E-state index contributed by atoms with van der Waals surface area (Å²) in [7, 11) is 0. The fourth-order valence-corrected chi connectivity index (χ4v) is 3.65. The predicted molar refractivity (Wildman–Crippen MR) is 83.0 cm³/mol. The van der Waals surface area contributed by atoms with Gasteiger partial charge < -0.3 is 0 Å². The molecular formula is C18H36. The Morgan fingerprint density at radius 1 is 0.667 bits per heavy atom. The van der Waals surface area contributed by atoms with Crippen molar-refractivity contribution in [3.8, 4) is 0 Å². The topological polar surface area (TPSA) is 0 Å². The molecule has 18 heavy (non-hydrogen) atoms. The summed E-state index contributed by atoms with van der Waals surface area (Å²) in [6, 6.07) is 0. The van der Waals surface area contributed by atoms with Crippen LogP contribution in [0.4, 0.5) is 0 Å². The summed E-state index contributed by atoms with van der Waals surface area (Å²) >= 11 is 0. The van der Waals surface area contributed by atoms with Crippen molar-refractivity contribution in [3.63, 3.8) is 0 Å². The van der Waals surface area contributed by atoms with Gasteiger partial charge in [-0.2, -0.15) is 0 Å². The summed E-state index contributed by atoms with van der Waals surface area (Å²) in [6.45, 7) is 4.63. The van der Waals surface area contributed by atoms with Crippen molar-refractivity contribution in [1.82, 2.24) is 0 Å². The molecule has 0 heteroatoms. The Morgan fingerprint density at radius 2 is 1.17 bits per heavy atom. The zero-order chi connectivity index (χ0) is 13.1. The number of unbranched alkanes of at least 4 members (excludes halogenated alkanes) is 6. The van der Waals surface area contributed by atoms with E-state index in [2.05, 4.69) is 13.8 Å². The van der Waals surface area contributed by atoms with E-state index in [0.717, 1.165) is 11.8 Å².